The number of nitrogens with one attached hydrogen (secondary N) is 1. The van der Waals surface area contributed by atoms with Crippen LogP contribution < -0.4 is 5.32 Å². The maximum atomic E-state index is 4.40. The highest BCUT2D eigenvalue weighted by atomic mass is 15.3. The Labute approximate surface area is 113 Å². The normalized spacial score (nSPS) is 16.7. The van der Waals surface area contributed by atoms with E-state index in [9.17, 15) is 0 Å². The van der Waals surface area contributed by atoms with Crippen LogP contribution in [0.5, 0.6) is 0 Å². The summed E-state index contributed by atoms with van der Waals surface area (Å²) in [6.45, 7) is 4.98. The van der Waals surface area contributed by atoms with Crippen LogP contribution in [0.4, 0.5) is 0 Å². The molecule has 0 saturated carbocycles. The molecule has 5 heteroatoms. The number of pyridine rings is 1. The first-order chi connectivity index (χ1) is 9.34. The van der Waals surface area contributed by atoms with Crippen molar-refractivity contribution in [2.75, 3.05) is 13.1 Å². The summed E-state index contributed by atoms with van der Waals surface area (Å²) in [5.41, 5.74) is 1.19. The molecule has 1 aliphatic heterocycles. The van der Waals surface area contributed by atoms with E-state index in [4.69, 9.17) is 0 Å². The molecule has 5 nitrogen and oxygen atoms in total. The molecule has 0 aromatic carbocycles. The van der Waals surface area contributed by atoms with Crippen LogP contribution in [-0.2, 0) is 6.54 Å². The third-order valence-electron chi connectivity index (χ3n) is 3.73. The van der Waals surface area contributed by atoms with Gasteiger partial charge in [0.15, 0.2) is 0 Å². The minimum absolute atomic E-state index is 0.527. The Balaban J connectivity index is 1.86. The number of aromatic nitrogens is 4. The standard InChI is InChI=1S/C14H19N5/c1-11-17-18-14(13-4-7-15-8-5-13)19(11)10-12-3-2-6-16-9-12/h2-3,6,9,13,15H,4-5,7-8,10H2,1H3. The number of piperidine rings is 1. The van der Waals surface area contributed by atoms with Gasteiger partial charge in [0.05, 0.1) is 6.54 Å². The van der Waals surface area contributed by atoms with Crippen LogP contribution in [0.2, 0.25) is 0 Å². The first-order valence-electron chi connectivity index (χ1n) is 6.84. The molecule has 0 radical (unpaired) electrons. The van der Waals surface area contributed by atoms with Gasteiger partial charge in [-0.15, -0.1) is 10.2 Å². The molecule has 0 aliphatic carbocycles. The van der Waals surface area contributed by atoms with Gasteiger partial charge < -0.3 is 9.88 Å². The average Bonchev–Trinajstić information content (AvgIpc) is 2.82. The summed E-state index contributed by atoms with van der Waals surface area (Å²) in [5, 5.41) is 12.1. The lowest BCUT2D eigenvalue weighted by Crippen LogP contribution is -2.28. The van der Waals surface area contributed by atoms with E-state index in [1.165, 1.54) is 5.56 Å². The van der Waals surface area contributed by atoms with Crippen LogP contribution in [0.25, 0.3) is 0 Å². The van der Waals surface area contributed by atoms with E-state index in [1.54, 1.807) is 6.20 Å². The molecular weight excluding hydrogens is 238 g/mol. The Hall–Kier alpha value is -1.75. The van der Waals surface area contributed by atoms with E-state index in [0.29, 0.717) is 5.92 Å². The quantitative estimate of drug-likeness (QED) is 0.905. The van der Waals surface area contributed by atoms with Gasteiger partial charge >= 0.3 is 0 Å². The van der Waals surface area contributed by atoms with Crippen LogP contribution in [0.15, 0.2) is 24.5 Å². The van der Waals surface area contributed by atoms with Crippen LogP contribution in [-0.4, -0.2) is 32.8 Å². The summed E-state index contributed by atoms with van der Waals surface area (Å²) in [5.74, 6) is 2.64. The van der Waals surface area contributed by atoms with E-state index < -0.39 is 0 Å². The summed E-state index contributed by atoms with van der Waals surface area (Å²) in [6, 6.07) is 4.07. The molecule has 1 N–H and O–H groups in total. The maximum absolute atomic E-state index is 4.40. The second-order valence-electron chi connectivity index (χ2n) is 5.08. The van der Waals surface area contributed by atoms with Crippen molar-refractivity contribution in [1.29, 1.82) is 0 Å². The summed E-state index contributed by atoms with van der Waals surface area (Å²) >= 11 is 0. The number of hydrogen-bond donors (Lipinski definition) is 1. The largest absolute Gasteiger partial charge is 0.317 e. The molecule has 1 aliphatic rings. The van der Waals surface area contributed by atoms with E-state index in [2.05, 4.69) is 31.1 Å². The van der Waals surface area contributed by atoms with Crippen LogP contribution in [0.3, 0.4) is 0 Å². The molecule has 0 spiro atoms. The van der Waals surface area contributed by atoms with Crippen molar-refractivity contribution in [2.24, 2.45) is 0 Å². The van der Waals surface area contributed by atoms with Gasteiger partial charge in [0.25, 0.3) is 0 Å². The summed E-state index contributed by atoms with van der Waals surface area (Å²) < 4.78 is 2.23. The Bertz CT molecular complexity index is 528. The van der Waals surface area contributed by atoms with Gasteiger partial charge in [-0.25, -0.2) is 0 Å². The number of aryl methyl sites for hydroxylation is 1. The fourth-order valence-electron chi connectivity index (χ4n) is 2.65. The zero-order valence-corrected chi connectivity index (χ0v) is 11.2. The first-order valence-corrected chi connectivity index (χ1v) is 6.84. The molecule has 1 fully saturated rings. The van der Waals surface area contributed by atoms with Crippen molar-refractivity contribution in [3.8, 4) is 0 Å². The van der Waals surface area contributed by atoms with E-state index >= 15 is 0 Å². The average molecular weight is 257 g/mol. The predicted molar refractivity (Wildman–Crippen MR) is 72.9 cm³/mol. The van der Waals surface area contributed by atoms with Crippen molar-refractivity contribution in [3.63, 3.8) is 0 Å². The van der Waals surface area contributed by atoms with E-state index in [1.807, 2.05) is 19.2 Å². The molecule has 100 valence electrons. The Morgan fingerprint density at radius 3 is 2.89 bits per heavy atom. The fraction of sp³-hybridized carbons (Fsp3) is 0.500. The second kappa shape index (κ2) is 5.48. The summed E-state index contributed by atoms with van der Waals surface area (Å²) in [4.78, 5) is 4.17. The van der Waals surface area contributed by atoms with Gasteiger partial charge in [0.1, 0.15) is 11.6 Å². The lowest BCUT2D eigenvalue weighted by Gasteiger charge is -2.22. The monoisotopic (exact) mass is 257 g/mol. The molecule has 1 saturated heterocycles. The lowest BCUT2D eigenvalue weighted by atomic mass is 9.97. The number of rotatable bonds is 3. The molecule has 0 unspecified atom stereocenters. The van der Waals surface area contributed by atoms with Gasteiger partial charge in [0, 0.05) is 18.3 Å². The highest BCUT2D eigenvalue weighted by Crippen LogP contribution is 2.24. The Morgan fingerprint density at radius 1 is 1.32 bits per heavy atom. The number of hydrogen-bond acceptors (Lipinski definition) is 4. The SMILES string of the molecule is Cc1nnc(C2CCNCC2)n1Cc1cccnc1. The molecule has 19 heavy (non-hydrogen) atoms. The smallest absolute Gasteiger partial charge is 0.136 e. The van der Waals surface area contributed by atoms with Gasteiger partial charge in [-0.3, -0.25) is 4.98 Å². The van der Waals surface area contributed by atoms with Crippen molar-refractivity contribution in [3.05, 3.63) is 41.7 Å². The summed E-state index contributed by atoms with van der Waals surface area (Å²) in [6.07, 6.45) is 6.00. The highest BCUT2D eigenvalue weighted by molar-refractivity contribution is 5.12. The fourth-order valence-corrected chi connectivity index (χ4v) is 2.65. The summed E-state index contributed by atoms with van der Waals surface area (Å²) in [7, 11) is 0. The molecule has 0 bridgehead atoms. The number of nitrogens with zero attached hydrogens (tertiary/aromatic N) is 4. The van der Waals surface area contributed by atoms with Crippen molar-refractivity contribution < 1.29 is 0 Å². The van der Waals surface area contributed by atoms with E-state index in [-0.39, 0.29) is 0 Å². The Kier molecular flexibility index (Phi) is 3.55. The van der Waals surface area contributed by atoms with Crippen LogP contribution >= 0.6 is 0 Å². The molecular formula is C14H19N5. The van der Waals surface area contributed by atoms with Crippen molar-refractivity contribution in [2.45, 2.75) is 32.2 Å². The minimum atomic E-state index is 0.527. The van der Waals surface area contributed by atoms with Crippen LogP contribution in [0.1, 0.15) is 36.0 Å². The first kappa shape index (κ1) is 12.3. The molecule has 0 atom stereocenters. The Morgan fingerprint density at radius 2 is 2.16 bits per heavy atom. The zero-order chi connectivity index (χ0) is 13.1. The molecule has 2 aromatic heterocycles. The predicted octanol–water partition coefficient (Wildman–Crippen LogP) is 1.50. The lowest BCUT2D eigenvalue weighted by molar-refractivity contribution is 0.432. The topological polar surface area (TPSA) is 55.6 Å². The van der Waals surface area contributed by atoms with Crippen molar-refractivity contribution >= 4 is 0 Å². The maximum Gasteiger partial charge on any atom is 0.136 e. The zero-order valence-electron chi connectivity index (χ0n) is 11.2. The third kappa shape index (κ3) is 2.66. The second-order valence-corrected chi connectivity index (χ2v) is 5.08. The van der Waals surface area contributed by atoms with Crippen molar-refractivity contribution in [1.82, 2.24) is 25.1 Å². The molecule has 3 heterocycles. The van der Waals surface area contributed by atoms with Gasteiger partial charge in [-0.2, -0.15) is 0 Å². The minimum Gasteiger partial charge on any atom is -0.317 e. The van der Waals surface area contributed by atoms with E-state index in [0.717, 1.165) is 44.1 Å². The molecule has 3 rings (SSSR count). The third-order valence-corrected chi connectivity index (χ3v) is 3.73. The van der Waals surface area contributed by atoms with Gasteiger partial charge in [-0.05, 0) is 44.5 Å². The molecule has 0 amide bonds. The van der Waals surface area contributed by atoms with Gasteiger partial charge in [0.2, 0.25) is 0 Å². The van der Waals surface area contributed by atoms with Crippen LogP contribution in [0, 0.1) is 6.92 Å². The molecule has 2 aromatic rings. The van der Waals surface area contributed by atoms with Gasteiger partial charge in [-0.1, -0.05) is 6.07 Å². The highest BCUT2D eigenvalue weighted by Gasteiger charge is 2.21.